The Kier molecular flexibility index (Phi) is 4.04. The van der Waals surface area contributed by atoms with E-state index in [9.17, 15) is 0 Å². The molecule has 0 aliphatic heterocycles. The van der Waals surface area contributed by atoms with Gasteiger partial charge in [-0.2, -0.15) is 0 Å². The Bertz CT molecular complexity index is 134. The molecule has 0 aromatic carbocycles. The second kappa shape index (κ2) is 4.61. The molecule has 0 N–H and O–H groups in total. The summed E-state index contributed by atoms with van der Waals surface area (Å²) >= 11 is 3.61. The van der Waals surface area contributed by atoms with Gasteiger partial charge in [0.25, 0.3) is 0 Å². The van der Waals surface area contributed by atoms with E-state index in [1.54, 1.807) is 7.11 Å². The number of ether oxygens (including phenoxy) is 1. The summed E-state index contributed by atoms with van der Waals surface area (Å²) in [6.45, 7) is 3.28. The standard InChI is InChI=1S/C10H19BrO/c1-9-7-10(9,8-11)5-3-4-6-12-2/h9H,3-8H2,1-2H3. The van der Waals surface area contributed by atoms with Crippen LogP contribution in [-0.4, -0.2) is 19.0 Å². The molecule has 0 aromatic rings. The van der Waals surface area contributed by atoms with E-state index in [1.807, 2.05) is 0 Å². The molecule has 1 nitrogen and oxygen atoms in total. The van der Waals surface area contributed by atoms with Gasteiger partial charge in [-0.05, 0) is 30.6 Å². The van der Waals surface area contributed by atoms with Gasteiger partial charge in [-0.25, -0.2) is 0 Å². The largest absolute Gasteiger partial charge is 0.385 e. The lowest BCUT2D eigenvalue weighted by molar-refractivity contribution is 0.189. The van der Waals surface area contributed by atoms with Gasteiger partial charge in [0.1, 0.15) is 0 Å². The first-order valence-corrected chi connectivity index (χ1v) is 5.92. The van der Waals surface area contributed by atoms with Crippen molar-refractivity contribution >= 4 is 15.9 Å². The molecule has 1 saturated carbocycles. The third-order valence-corrected chi connectivity index (χ3v) is 4.25. The molecule has 1 aliphatic rings. The van der Waals surface area contributed by atoms with Crippen LogP contribution >= 0.6 is 15.9 Å². The van der Waals surface area contributed by atoms with Crippen LogP contribution in [0.3, 0.4) is 0 Å². The number of methoxy groups -OCH3 is 1. The lowest BCUT2D eigenvalue weighted by atomic mass is 9.99. The number of rotatable bonds is 6. The fourth-order valence-corrected chi connectivity index (χ4v) is 2.94. The molecule has 0 saturated heterocycles. The van der Waals surface area contributed by atoms with E-state index in [2.05, 4.69) is 22.9 Å². The Labute approximate surface area is 84.0 Å². The van der Waals surface area contributed by atoms with E-state index < -0.39 is 0 Å². The molecule has 2 atom stereocenters. The zero-order valence-corrected chi connectivity index (χ0v) is 9.69. The molecule has 2 unspecified atom stereocenters. The van der Waals surface area contributed by atoms with Gasteiger partial charge >= 0.3 is 0 Å². The summed E-state index contributed by atoms with van der Waals surface area (Å²) in [6, 6.07) is 0. The predicted molar refractivity (Wildman–Crippen MR) is 55.7 cm³/mol. The average Bonchev–Trinajstić information content (AvgIpc) is 2.72. The second-order valence-corrected chi connectivity index (χ2v) is 4.61. The van der Waals surface area contributed by atoms with E-state index in [-0.39, 0.29) is 0 Å². The van der Waals surface area contributed by atoms with E-state index >= 15 is 0 Å². The summed E-state index contributed by atoms with van der Waals surface area (Å²) in [6.07, 6.45) is 5.34. The lowest BCUT2D eigenvalue weighted by Gasteiger charge is -2.11. The first kappa shape index (κ1) is 10.5. The van der Waals surface area contributed by atoms with Crippen molar-refractivity contribution in [2.45, 2.75) is 32.6 Å². The second-order valence-electron chi connectivity index (χ2n) is 4.05. The van der Waals surface area contributed by atoms with Gasteiger partial charge in [0.2, 0.25) is 0 Å². The Morgan fingerprint density at radius 3 is 2.58 bits per heavy atom. The van der Waals surface area contributed by atoms with Crippen molar-refractivity contribution in [2.75, 3.05) is 19.0 Å². The van der Waals surface area contributed by atoms with Gasteiger partial charge in [0.15, 0.2) is 0 Å². The van der Waals surface area contributed by atoms with Crippen LogP contribution in [0.2, 0.25) is 0 Å². The highest BCUT2D eigenvalue weighted by molar-refractivity contribution is 9.09. The maximum absolute atomic E-state index is 5.03. The van der Waals surface area contributed by atoms with E-state index in [1.165, 1.54) is 31.0 Å². The lowest BCUT2D eigenvalue weighted by Crippen LogP contribution is -2.05. The van der Waals surface area contributed by atoms with Crippen molar-refractivity contribution < 1.29 is 4.74 Å². The van der Waals surface area contributed by atoms with Gasteiger partial charge in [-0.15, -0.1) is 0 Å². The number of unbranched alkanes of at least 4 members (excludes halogenated alkanes) is 1. The van der Waals surface area contributed by atoms with Gasteiger partial charge in [-0.1, -0.05) is 29.3 Å². The molecule has 72 valence electrons. The molecule has 0 spiro atoms. The van der Waals surface area contributed by atoms with E-state index in [0.29, 0.717) is 5.41 Å². The summed E-state index contributed by atoms with van der Waals surface area (Å²) < 4.78 is 5.03. The van der Waals surface area contributed by atoms with Crippen molar-refractivity contribution in [3.8, 4) is 0 Å². The molecule has 0 amide bonds. The minimum atomic E-state index is 0.660. The first-order valence-electron chi connectivity index (χ1n) is 4.80. The minimum Gasteiger partial charge on any atom is -0.385 e. The van der Waals surface area contributed by atoms with Crippen molar-refractivity contribution in [3.63, 3.8) is 0 Å². The summed E-state index contributed by atoms with van der Waals surface area (Å²) in [4.78, 5) is 0. The van der Waals surface area contributed by atoms with Gasteiger partial charge in [-0.3, -0.25) is 0 Å². The summed E-state index contributed by atoms with van der Waals surface area (Å²) in [5.74, 6) is 0.944. The van der Waals surface area contributed by atoms with Crippen LogP contribution < -0.4 is 0 Å². The maximum Gasteiger partial charge on any atom is 0.0462 e. The Balaban J connectivity index is 2.06. The molecule has 0 radical (unpaired) electrons. The molecule has 12 heavy (non-hydrogen) atoms. The molecular weight excluding hydrogens is 216 g/mol. The van der Waals surface area contributed by atoms with Crippen molar-refractivity contribution in [2.24, 2.45) is 11.3 Å². The topological polar surface area (TPSA) is 9.23 Å². The van der Waals surface area contributed by atoms with Crippen molar-refractivity contribution in [3.05, 3.63) is 0 Å². The zero-order valence-electron chi connectivity index (χ0n) is 8.11. The fourth-order valence-electron chi connectivity index (χ4n) is 1.88. The quantitative estimate of drug-likeness (QED) is 0.507. The smallest absolute Gasteiger partial charge is 0.0462 e. The Hall–Kier alpha value is 0.440. The highest BCUT2D eigenvalue weighted by atomic mass is 79.9. The van der Waals surface area contributed by atoms with Gasteiger partial charge < -0.3 is 4.74 Å². The molecule has 1 aliphatic carbocycles. The number of hydrogen-bond donors (Lipinski definition) is 0. The van der Waals surface area contributed by atoms with Crippen molar-refractivity contribution in [1.29, 1.82) is 0 Å². The molecule has 0 heterocycles. The van der Waals surface area contributed by atoms with Gasteiger partial charge in [0, 0.05) is 19.0 Å². The molecular formula is C10H19BrO. The van der Waals surface area contributed by atoms with Gasteiger partial charge in [0.05, 0.1) is 0 Å². The number of hydrogen-bond acceptors (Lipinski definition) is 1. The number of alkyl halides is 1. The first-order chi connectivity index (χ1) is 5.75. The van der Waals surface area contributed by atoms with Crippen LogP contribution in [0.5, 0.6) is 0 Å². The molecule has 1 rings (SSSR count). The molecule has 2 heteroatoms. The third-order valence-electron chi connectivity index (χ3n) is 3.14. The molecule has 0 bridgehead atoms. The Morgan fingerprint density at radius 2 is 2.17 bits per heavy atom. The number of halogens is 1. The fraction of sp³-hybridized carbons (Fsp3) is 1.00. The zero-order chi connectivity index (χ0) is 9.03. The van der Waals surface area contributed by atoms with Crippen LogP contribution in [-0.2, 0) is 4.74 Å². The van der Waals surface area contributed by atoms with E-state index in [0.717, 1.165) is 12.5 Å². The van der Waals surface area contributed by atoms with Crippen LogP contribution in [0, 0.1) is 11.3 Å². The SMILES string of the molecule is COCCCCC1(CBr)CC1C. The average molecular weight is 235 g/mol. The summed E-state index contributed by atoms with van der Waals surface area (Å²) in [5, 5.41) is 1.19. The summed E-state index contributed by atoms with van der Waals surface area (Å²) in [7, 11) is 1.78. The van der Waals surface area contributed by atoms with Crippen LogP contribution in [0.4, 0.5) is 0 Å². The predicted octanol–water partition coefficient (Wildman–Crippen LogP) is 3.22. The monoisotopic (exact) mass is 234 g/mol. The van der Waals surface area contributed by atoms with Crippen LogP contribution in [0.15, 0.2) is 0 Å². The molecule has 1 fully saturated rings. The summed E-state index contributed by atoms with van der Waals surface area (Å²) in [5.41, 5.74) is 0.660. The van der Waals surface area contributed by atoms with Crippen LogP contribution in [0.1, 0.15) is 32.6 Å². The highest BCUT2D eigenvalue weighted by Crippen LogP contribution is 2.56. The maximum atomic E-state index is 5.03. The van der Waals surface area contributed by atoms with Crippen molar-refractivity contribution in [1.82, 2.24) is 0 Å². The molecule has 0 aromatic heterocycles. The Morgan fingerprint density at radius 1 is 1.50 bits per heavy atom. The normalized spacial score (nSPS) is 33.8. The van der Waals surface area contributed by atoms with E-state index in [4.69, 9.17) is 4.74 Å². The van der Waals surface area contributed by atoms with Crippen LogP contribution in [0.25, 0.3) is 0 Å². The minimum absolute atomic E-state index is 0.660. The third kappa shape index (κ3) is 2.46. The highest BCUT2D eigenvalue weighted by Gasteiger charge is 2.48.